The van der Waals surface area contributed by atoms with E-state index in [0.29, 0.717) is 5.06 Å². The SMILES string of the molecule is CC(=O)N(O)CCCC1NC(=O)C2NC(=O)C(CCCC2(CCN(O)C(C)=O)N(O)C(C)=O)NC(=O)CNC(=O)C(CO)NC(=O)CNC1=O. The molecule has 22 nitrogen and oxygen atoms in total. The Morgan fingerprint density at radius 1 is 0.720 bits per heavy atom. The maximum atomic E-state index is 14.1. The molecule has 2 bridgehead atoms. The van der Waals surface area contributed by atoms with Gasteiger partial charge in [0.2, 0.25) is 53.2 Å². The van der Waals surface area contributed by atoms with Crippen molar-refractivity contribution in [3.8, 4) is 0 Å². The lowest BCUT2D eigenvalue weighted by Crippen LogP contribution is -2.71. The zero-order chi connectivity index (χ0) is 37.8. The summed E-state index contributed by atoms with van der Waals surface area (Å²) < 4.78 is 0. The van der Waals surface area contributed by atoms with E-state index in [-0.39, 0.29) is 48.8 Å². The first-order valence-corrected chi connectivity index (χ1v) is 15.7. The average Bonchev–Trinajstić information content (AvgIpc) is 3.05. The summed E-state index contributed by atoms with van der Waals surface area (Å²) in [7, 11) is 0. The van der Waals surface area contributed by atoms with Gasteiger partial charge in [-0.1, -0.05) is 0 Å². The predicted octanol–water partition coefficient (Wildman–Crippen LogP) is -5.03. The van der Waals surface area contributed by atoms with Gasteiger partial charge in [-0.05, 0) is 38.5 Å². The molecule has 50 heavy (non-hydrogen) atoms. The van der Waals surface area contributed by atoms with Crippen LogP contribution in [-0.2, 0) is 43.2 Å². The number of aliphatic hydroxyl groups excluding tert-OH is 1. The van der Waals surface area contributed by atoms with Gasteiger partial charge in [0.25, 0.3) is 0 Å². The number of rotatable bonds is 9. The van der Waals surface area contributed by atoms with Crippen molar-refractivity contribution in [3.05, 3.63) is 0 Å². The van der Waals surface area contributed by atoms with E-state index in [4.69, 9.17) is 0 Å². The minimum absolute atomic E-state index is 0.0374. The largest absolute Gasteiger partial charge is 0.394 e. The Bertz CT molecular complexity index is 1330. The molecule has 2 fully saturated rings. The zero-order valence-electron chi connectivity index (χ0n) is 27.9. The normalized spacial score (nSPS) is 25.5. The molecule has 280 valence electrons. The smallest absolute Gasteiger partial charge is 0.245 e. The summed E-state index contributed by atoms with van der Waals surface area (Å²) in [6.07, 6.45) is -1.27. The van der Waals surface area contributed by atoms with E-state index in [1.807, 2.05) is 0 Å². The highest BCUT2D eigenvalue weighted by atomic mass is 16.5. The van der Waals surface area contributed by atoms with Crippen LogP contribution in [0.5, 0.6) is 0 Å². The van der Waals surface area contributed by atoms with Gasteiger partial charge in [0, 0.05) is 27.3 Å². The van der Waals surface area contributed by atoms with E-state index in [9.17, 15) is 63.9 Å². The second-order valence-electron chi connectivity index (χ2n) is 11.9. The van der Waals surface area contributed by atoms with Gasteiger partial charge in [0.15, 0.2) is 0 Å². The second-order valence-corrected chi connectivity index (χ2v) is 11.9. The quantitative estimate of drug-likeness (QED) is 0.0791. The van der Waals surface area contributed by atoms with E-state index in [2.05, 4.69) is 31.9 Å². The number of fused-ring (bicyclic) bond motifs is 3. The molecule has 0 aliphatic carbocycles. The number of aliphatic hydroxyl groups is 1. The van der Waals surface area contributed by atoms with Crippen LogP contribution < -0.4 is 31.9 Å². The first-order valence-electron chi connectivity index (χ1n) is 15.7. The lowest BCUT2D eigenvalue weighted by atomic mass is 9.78. The van der Waals surface area contributed by atoms with Crippen LogP contribution in [0.3, 0.4) is 0 Å². The molecule has 2 aliphatic heterocycles. The van der Waals surface area contributed by atoms with Gasteiger partial charge in [0.05, 0.1) is 26.2 Å². The van der Waals surface area contributed by atoms with Crippen molar-refractivity contribution < 1.29 is 63.9 Å². The molecule has 2 saturated heterocycles. The third-order valence-electron chi connectivity index (χ3n) is 8.22. The van der Waals surface area contributed by atoms with Crippen molar-refractivity contribution in [2.45, 2.75) is 89.0 Å². The third kappa shape index (κ3) is 11.3. The van der Waals surface area contributed by atoms with Gasteiger partial charge in [-0.3, -0.25) is 58.8 Å². The fourth-order valence-corrected chi connectivity index (χ4v) is 5.48. The van der Waals surface area contributed by atoms with Gasteiger partial charge >= 0.3 is 0 Å². The summed E-state index contributed by atoms with van der Waals surface area (Å²) >= 11 is 0. The number of hydrogen-bond acceptors (Lipinski definition) is 13. The number of carbonyl (C=O) groups is 9. The molecule has 9 amide bonds. The van der Waals surface area contributed by atoms with Crippen LogP contribution in [0.1, 0.15) is 59.3 Å². The van der Waals surface area contributed by atoms with Crippen molar-refractivity contribution in [1.82, 2.24) is 47.1 Å². The van der Waals surface area contributed by atoms with E-state index in [1.54, 1.807) is 0 Å². The fourth-order valence-electron chi connectivity index (χ4n) is 5.48. The van der Waals surface area contributed by atoms with Crippen LogP contribution in [0, 0.1) is 0 Å². The molecule has 5 unspecified atom stereocenters. The lowest BCUT2D eigenvalue weighted by Gasteiger charge is -2.46. The minimum Gasteiger partial charge on any atom is -0.394 e. The van der Waals surface area contributed by atoms with Crippen LogP contribution in [0.4, 0.5) is 0 Å². The molecule has 0 spiro atoms. The van der Waals surface area contributed by atoms with Gasteiger partial charge in [0.1, 0.15) is 29.7 Å². The Labute approximate surface area is 286 Å². The monoisotopic (exact) mass is 715 g/mol. The summed E-state index contributed by atoms with van der Waals surface area (Å²) in [5.74, 6) is -8.41. The molecule has 2 aliphatic rings. The number of hydroxylamine groups is 6. The maximum absolute atomic E-state index is 14.1. The average molecular weight is 716 g/mol. The Kier molecular flexibility index (Phi) is 15.4. The molecule has 0 aromatic rings. The molecular weight excluding hydrogens is 670 g/mol. The van der Waals surface area contributed by atoms with Crippen LogP contribution in [0.25, 0.3) is 0 Å². The number of hydrogen-bond donors (Lipinski definition) is 10. The highest BCUT2D eigenvalue weighted by molar-refractivity contribution is 5.97. The summed E-state index contributed by atoms with van der Waals surface area (Å²) in [5.41, 5.74) is -2.05. The van der Waals surface area contributed by atoms with Crippen LogP contribution in [0.2, 0.25) is 0 Å². The van der Waals surface area contributed by atoms with Crippen LogP contribution in [-0.4, -0.2) is 152 Å². The molecule has 2 rings (SSSR count). The van der Waals surface area contributed by atoms with Gasteiger partial charge in [-0.25, -0.2) is 15.2 Å². The van der Waals surface area contributed by atoms with Crippen molar-refractivity contribution in [3.63, 3.8) is 0 Å². The number of carbonyl (C=O) groups excluding carboxylic acids is 9. The molecule has 0 radical (unpaired) electrons. The molecule has 5 atom stereocenters. The first-order chi connectivity index (χ1) is 23.4. The van der Waals surface area contributed by atoms with Crippen LogP contribution >= 0.6 is 0 Å². The minimum atomic E-state index is -2.05. The highest BCUT2D eigenvalue weighted by Gasteiger charge is 2.51. The summed E-state index contributed by atoms with van der Waals surface area (Å²) in [4.78, 5) is 115. The molecule has 10 N–H and O–H groups in total. The molecule has 0 aromatic carbocycles. The summed E-state index contributed by atoms with van der Waals surface area (Å²) in [6.45, 7) is -0.110. The van der Waals surface area contributed by atoms with E-state index >= 15 is 0 Å². The van der Waals surface area contributed by atoms with Gasteiger partial charge < -0.3 is 37.0 Å². The van der Waals surface area contributed by atoms with Gasteiger partial charge in [-0.15, -0.1) is 0 Å². The molecule has 2 heterocycles. The Balaban J connectivity index is 2.64. The van der Waals surface area contributed by atoms with Crippen molar-refractivity contribution in [2.75, 3.05) is 32.8 Å². The van der Waals surface area contributed by atoms with Crippen molar-refractivity contribution in [2.24, 2.45) is 0 Å². The van der Waals surface area contributed by atoms with E-state index < -0.39 is 116 Å². The third-order valence-corrected chi connectivity index (χ3v) is 8.22. The fraction of sp³-hybridized carbons (Fsp3) is 0.679. The standard InChI is InChI=1S/C28H45N9O13/c1-15(39)35(48)10-5-7-18-24(44)29-13-22(43)32-20(14-38)25(45)30-12-21(42)31-19-6-4-8-28(37(50)17(3)41,9-11-36(49)16(2)40)23(27(47)33-18)34-26(19)46/h18-20,23,38,48-50H,4-14H2,1-3H3,(H,29,44)(H,30,45)(H,31,42)(H,32,43)(H,33,47)(H,34,46). The van der Waals surface area contributed by atoms with E-state index in [1.165, 1.54) is 0 Å². The predicted molar refractivity (Wildman–Crippen MR) is 164 cm³/mol. The topological polar surface area (TPSA) is 316 Å². The summed E-state index contributed by atoms with van der Waals surface area (Å²) in [6, 6.07) is -6.30. The number of amides is 9. The Morgan fingerprint density at radius 3 is 1.84 bits per heavy atom. The number of nitrogens with zero attached hydrogens (tertiary/aromatic N) is 3. The maximum Gasteiger partial charge on any atom is 0.245 e. The second kappa shape index (κ2) is 18.7. The molecule has 22 heteroatoms. The summed E-state index contributed by atoms with van der Waals surface area (Å²) in [5, 5.41) is 55.4. The van der Waals surface area contributed by atoms with E-state index in [0.717, 1.165) is 20.8 Å². The highest BCUT2D eigenvalue weighted by Crippen LogP contribution is 2.32. The lowest BCUT2D eigenvalue weighted by molar-refractivity contribution is -0.207. The Morgan fingerprint density at radius 2 is 1.28 bits per heavy atom. The van der Waals surface area contributed by atoms with Gasteiger partial charge in [-0.2, -0.15) is 0 Å². The molecular formula is C28H45N9O13. The van der Waals surface area contributed by atoms with Crippen LogP contribution in [0.15, 0.2) is 0 Å². The van der Waals surface area contributed by atoms with Crippen molar-refractivity contribution >= 4 is 53.2 Å². The zero-order valence-corrected chi connectivity index (χ0v) is 27.9. The Hall–Kier alpha value is -4.93. The first kappa shape index (κ1) is 41.2. The molecule has 0 saturated carbocycles. The van der Waals surface area contributed by atoms with Crippen molar-refractivity contribution in [1.29, 1.82) is 0 Å². The number of nitrogens with one attached hydrogen (secondary N) is 6. The molecule has 0 aromatic heterocycles.